The molecule has 14 nitrogen and oxygen atoms in total. The van der Waals surface area contributed by atoms with E-state index in [1.165, 1.54) is 11.1 Å². The van der Waals surface area contributed by atoms with Crippen LogP contribution in [0.3, 0.4) is 0 Å². The zero-order chi connectivity index (χ0) is 49.9. The van der Waals surface area contributed by atoms with E-state index in [1.54, 1.807) is 31.1 Å². The third-order valence-electron chi connectivity index (χ3n) is 17.7. The molecular weight excluding hydrogens is 909 g/mol. The maximum atomic E-state index is 14.1. The van der Waals surface area contributed by atoms with E-state index in [0.29, 0.717) is 50.4 Å². The van der Waals surface area contributed by atoms with Crippen LogP contribution in [0.2, 0.25) is 0 Å². The summed E-state index contributed by atoms with van der Waals surface area (Å²) in [7, 11) is 0. The van der Waals surface area contributed by atoms with Gasteiger partial charge in [-0.05, 0) is 98.9 Å². The van der Waals surface area contributed by atoms with E-state index < -0.39 is 23.9 Å². The van der Waals surface area contributed by atoms with Crippen LogP contribution < -0.4 is 11.1 Å². The van der Waals surface area contributed by atoms with Crippen molar-refractivity contribution in [3.63, 3.8) is 0 Å². The molecule has 0 spiro atoms. The highest BCUT2D eigenvalue weighted by molar-refractivity contribution is 5.92. The van der Waals surface area contributed by atoms with Crippen molar-refractivity contribution in [2.24, 2.45) is 35.5 Å². The average Bonchev–Trinajstić information content (AvgIpc) is 4.11. The van der Waals surface area contributed by atoms with Gasteiger partial charge >= 0.3 is 0 Å². The molecule has 8 atom stereocenters. The second-order valence-electron chi connectivity index (χ2n) is 21.4. The Labute approximate surface area is 420 Å². The molecule has 4 amide bonds. The molecule has 2 saturated heterocycles. The SMILES string of the molecule is C/C=C/c1ccc2n(c1=O)C[C@H]1[C@H](CO)[C@@H](C(=O)N3CCc4ccccc4C3)N(C(=O)C3CCC3)[C@@H]21.C/C=C\c1ccc2n(c1=O)C[C@H]1[C@H](CO)[C@@H](C(=O)N3CCc4ccccc4C3)N(C(=O)C3CCC3)[C@@H]21. The summed E-state index contributed by atoms with van der Waals surface area (Å²) in [5.41, 5.74) is 7.42. The first-order chi connectivity index (χ1) is 35.1. The first-order valence-electron chi connectivity index (χ1n) is 26.4. The van der Waals surface area contributed by atoms with Gasteiger partial charge in [-0.15, -0.1) is 0 Å². The number of fused-ring (bicyclic) bond motifs is 8. The lowest BCUT2D eigenvalue weighted by atomic mass is 9.83. The zero-order valence-corrected chi connectivity index (χ0v) is 41.4. The number of aliphatic hydroxyl groups excluding tert-OH is 2. The lowest BCUT2D eigenvalue weighted by Gasteiger charge is -2.39. The lowest BCUT2D eigenvalue weighted by molar-refractivity contribution is -0.151. The minimum Gasteiger partial charge on any atom is -0.396 e. The second kappa shape index (κ2) is 19.6. The van der Waals surface area contributed by atoms with Crippen LogP contribution in [0.4, 0.5) is 0 Å². The van der Waals surface area contributed by atoms with Crippen molar-refractivity contribution >= 4 is 35.8 Å². The van der Waals surface area contributed by atoms with Crippen molar-refractivity contribution in [2.75, 3.05) is 26.3 Å². The normalized spacial score (nSPS) is 27.1. The van der Waals surface area contributed by atoms with Gasteiger partial charge in [0, 0.05) is 111 Å². The summed E-state index contributed by atoms with van der Waals surface area (Å²) in [6.07, 6.45) is 14.2. The molecule has 2 aromatic heterocycles. The number of likely N-dealkylation sites (tertiary alicyclic amines) is 2. The molecular formula is C58H66N6O8. The molecule has 2 saturated carbocycles. The first kappa shape index (κ1) is 47.9. The van der Waals surface area contributed by atoms with Crippen molar-refractivity contribution in [2.45, 2.75) is 116 Å². The Morgan fingerprint density at radius 2 is 0.931 bits per heavy atom. The van der Waals surface area contributed by atoms with E-state index in [9.17, 15) is 39.0 Å². The Hall–Kier alpha value is -6.38. The highest BCUT2D eigenvalue weighted by Crippen LogP contribution is 2.53. The van der Waals surface area contributed by atoms with Gasteiger partial charge in [0.2, 0.25) is 23.6 Å². The number of carbonyl (C=O) groups is 4. The average molecular weight is 975 g/mol. The molecule has 0 unspecified atom stereocenters. The number of hydrogen-bond donors (Lipinski definition) is 2. The fraction of sp³-hybridized carbons (Fsp3) is 0.483. The van der Waals surface area contributed by atoms with Gasteiger partial charge < -0.3 is 38.9 Å². The number of rotatable bonds is 8. The molecule has 72 heavy (non-hydrogen) atoms. The summed E-state index contributed by atoms with van der Waals surface area (Å²) in [5.74, 6) is -1.47. The molecule has 12 rings (SSSR count). The fourth-order valence-corrected chi connectivity index (χ4v) is 13.5. The first-order valence-corrected chi connectivity index (χ1v) is 26.4. The van der Waals surface area contributed by atoms with Crippen molar-refractivity contribution in [1.29, 1.82) is 0 Å². The number of amides is 4. The summed E-state index contributed by atoms with van der Waals surface area (Å²) < 4.78 is 3.51. The Balaban J connectivity index is 0.000000156. The third kappa shape index (κ3) is 7.91. The third-order valence-corrected chi connectivity index (χ3v) is 17.7. The van der Waals surface area contributed by atoms with Crippen LogP contribution in [0.15, 0.2) is 94.5 Å². The van der Waals surface area contributed by atoms with E-state index in [-0.39, 0.29) is 83.7 Å². The van der Waals surface area contributed by atoms with Crippen LogP contribution in [-0.2, 0) is 58.2 Å². The number of aliphatic hydroxyl groups is 2. The van der Waals surface area contributed by atoms with Crippen LogP contribution in [0.1, 0.15) is 109 Å². The van der Waals surface area contributed by atoms with Gasteiger partial charge in [0.25, 0.3) is 11.1 Å². The number of allylic oxidation sites excluding steroid dienone is 2. The number of nitrogens with zero attached hydrogens (tertiary/aromatic N) is 6. The molecule has 4 aromatic rings. The van der Waals surface area contributed by atoms with E-state index in [2.05, 4.69) is 24.3 Å². The topological polar surface area (TPSA) is 166 Å². The van der Waals surface area contributed by atoms with E-state index in [4.69, 9.17) is 0 Å². The number of aromatic nitrogens is 2. The van der Waals surface area contributed by atoms with Gasteiger partial charge in [-0.2, -0.15) is 0 Å². The monoisotopic (exact) mass is 974 g/mol. The van der Waals surface area contributed by atoms with Crippen molar-refractivity contribution in [3.8, 4) is 0 Å². The molecule has 0 bridgehead atoms. The smallest absolute Gasteiger partial charge is 0.258 e. The maximum Gasteiger partial charge on any atom is 0.258 e. The predicted octanol–water partition coefficient (Wildman–Crippen LogP) is 5.51. The molecule has 376 valence electrons. The van der Waals surface area contributed by atoms with Gasteiger partial charge in [0.1, 0.15) is 12.1 Å². The Morgan fingerprint density at radius 1 is 0.542 bits per heavy atom. The standard InChI is InChI=1S/2C29H33N3O4/c2*1-2-6-19-11-12-24-25-22(16-31(24)27(19)34)23(17-33)26(32(25)28(35)20-9-5-10-20)29(36)30-14-13-18-7-3-4-8-21(18)15-30/h2*2-4,6-8,11-12,20,22-23,25-26,33H,5,9-10,13-17H2,1H3/b6-2+;6-2-/t2*22-,23-,25+,26-/m00/s1. The largest absolute Gasteiger partial charge is 0.396 e. The molecule has 4 fully saturated rings. The molecule has 8 aliphatic rings. The Kier molecular flexibility index (Phi) is 13.0. The predicted molar refractivity (Wildman–Crippen MR) is 272 cm³/mol. The molecule has 6 aliphatic heterocycles. The van der Waals surface area contributed by atoms with E-state index in [1.807, 2.05) is 84.3 Å². The summed E-state index contributed by atoms with van der Waals surface area (Å²) in [6.45, 7) is 6.45. The van der Waals surface area contributed by atoms with Crippen LogP contribution >= 0.6 is 0 Å². The van der Waals surface area contributed by atoms with Gasteiger partial charge in [0.15, 0.2) is 0 Å². The number of benzene rings is 2. The molecule has 2 aliphatic carbocycles. The van der Waals surface area contributed by atoms with Gasteiger partial charge in [-0.1, -0.05) is 85.7 Å². The Bertz CT molecular complexity index is 2790. The van der Waals surface area contributed by atoms with Crippen LogP contribution in [0, 0.1) is 35.5 Å². The molecule has 8 heterocycles. The summed E-state index contributed by atoms with van der Waals surface area (Å²) in [6, 6.07) is 21.7. The van der Waals surface area contributed by atoms with Gasteiger partial charge in [-0.25, -0.2) is 0 Å². The van der Waals surface area contributed by atoms with Crippen molar-refractivity contribution < 1.29 is 29.4 Å². The van der Waals surface area contributed by atoms with E-state index >= 15 is 0 Å². The maximum absolute atomic E-state index is 14.1. The summed E-state index contributed by atoms with van der Waals surface area (Å²) >= 11 is 0. The van der Waals surface area contributed by atoms with Gasteiger partial charge in [-0.3, -0.25) is 28.8 Å². The number of carbonyl (C=O) groups excluding carboxylic acids is 4. The highest BCUT2D eigenvalue weighted by Gasteiger charge is 2.60. The Morgan fingerprint density at radius 3 is 1.28 bits per heavy atom. The number of pyridine rings is 2. The minimum atomic E-state index is -0.706. The van der Waals surface area contributed by atoms with Crippen LogP contribution in [0.5, 0.6) is 0 Å². The molecule has 14 heteroatoms. The zero-order valence-electron chi connectivity index (χ0n) is 41.4. The van der Waals surface area contributed by atoms with E-state index in [0.717, 1.165) is 73.9 Å². The molecule has 0 radical (unpaired) electrons. The quantitative estimate of drug-likeness (QED) is 0.233. The van der Waals surface area contributed by atoms with Crippen molar-refractivity contribution in [3.05, 3.63) is 150 Å². The second-order valence-corrected chi connectivity index (χ2v) is 21.4. The summed E-state index contributed by atoms with van der Waals surface area (Å²) in [5, 5.41) is 21.2. The summed E-state index contributed by atoms with van der Waals surface area (Å²) in [4.78, 5) is 89.7. The minimum absolute atomic E-state index is 0.00129. The molecule has 2 N–H and O–H groups in total. The van der Waals surface area contributed by atoms with Crippen molar-refractivity contribution in [1.82, 2.24) is 28.7 Å². The van der Waals surface area contributed by atoms with Gasteiger partial charge in [0.05, 0.1) is 12.1 Å². The molecule has 2 aromatic carbocycles. The lowest BCUT2D eigenvalue weighted by Crippen LogP contribution is -2.54. The van der Waals surface area contributed by atoms with Crippen LogP contribution in [-0.4, -0.2) is 101 Å². The highest BCUT2D eigenvalue weighted by atomic mass is 16.3. The fourth-order valence-electron chi connectivity index (χ4n) is 13.5. The number of hydrogen-bond acceptors (Lipinski definition) is 8. The van der Waals surface area contributed by atoms with Crippen LogP contribution in [0.25, 0.3) is 12.2 Å².